The summed E-state index contributed by atoms with van der Waals surface area (Å²) in [6.45, 7) is 6.29. The van der Waals surface area contributed by atoms with Crippen molar-refractivity contribution in [3.8, 4) is 16.9 Å². The van der Waals surface area contributed by atoms with E-state index < -0.39 is 6.10 Å². The predicted octanol–water partition coefficient (Wildman–Crippen LogP) is 6.40. The molecule has 0 aliphatic rings. The minimum atomic E-state index is -0.698. The Kier molecular flexibility index (Phi) is 7.33. The third-order valence-electron chi connectivity index (χ3n) is 5.76. The summed E-state index contributed by atoms with van der Waals surface area (Å²) in [6.07, 6.45) is 0.405. The number of fused-ring (bicyclic) bond motifs is 1. The van der Waals surface area contributed by atoms with E-state index in [9.17, 15) is 9.90 Å². The molecule has 0 aliphatic carbocycles. The van der Waals surface area contributed by atoms with Crippen molar-refractivity contribution in [2.24, 2.45) is 0 Å². The highest BCUT2D eigenvalue weighted by Gasteiger charge is 2.16. The molecule has 34 heavy (non-hydrogen) atoms. The maximum absolute atomic E-state index is 12.0. The molecular formula is C29H30O5. The van der Waals surface area contributed by atoms with Crippen LogP contribution in [-0.4, -0.2) is 17.7 Å². The third-order valence-corrected chi connectivity index (χ3v) is 5.76. The van der Waals surface area contributed by atoms with Crippen LogP contribution in [0, 0.1) is 0 Å². The van der Waals surface area contributed by atoms with Gasteiger partial charge in [-0.05, 0) is 61.2 Å². The van der Waals surface area contributed by atoms with Crippen molar-refractivity contribution >= 4 is 16.9 Å². The van der Waals surface area contributed by atoms with E-state index in [0.29, 0.717) is 24.7 Å². The smallest absolute Gasteiger partial charge is 0.310 e. The van der Waals surface area contributed by atoms with Gasteiger partial charge in [0, 0.05) is 16.5 Å². The molecule has 3 aromatic carbocycles. The molecule has 1 unspecified atom stereocenters. The van der Waals surface area contributed by atoms with Crippen LogP contribution >= 0.6 is 0 Å². The highest BCUT2D eigenvalue weighted by molar-refractivity contribution is 5.93. The molecule has 0 spiro atoms. The van der Waals surface area contributed by atoms with Crippen molar-refractivity contribution in [3.63, 3.8) is 0 Å². The fourth-order valence-corrected chi connectivity index (χ4v) is 4.02. The van der Waals surface area contributed by atoms with Crippen LogP contribution in [0.3, 0.4) is 0 Å². The van der Waals surface area contributed by atoms with Gasteiger partial charge in [0.2, 0.25) is 0 Å². The number of benzene rings is 3. The quantitative estimate of drug-likeness (QED) is 0.294. The SMILES string of the molecule is CCOC(=O)Cc1ccccc1OCc1cc(-c2cccc(CC)c2)c2oc(C(C)O)cc2c1. The maximum Gasteiger partial charge on any atom is 0.310 e. The Morgan fingerprint density at radius 3 is 2.59 bits per heavy atom. The summed E-state index contributed by atoms with van der Waals surface area (Å²) < 4.78 is 17.3. The largest absolute Gasteiger partial charge is 0.489 e. The first-order chi connectivity index (χ1) is 16.5. The van der Waals surface area contributed by atoms with Gasteiger partial charge in [0.1, 0.15) is 29.8 Å². The standard InChI is InChI=1S/C29H30O5/c1-4-20-9-8-11-22(13-20)25-15-21(14-24-16-27(19(3)30)34-29(24)25)18-33-26-12-7-6-10-23(26)17-28(31)32-5-2/h6-16,19,30H,4-5,17-18H2,1-3H3. The minimum Gasteiger partial charge on any atom is -0.489 e. The molecule has 5 heteroatoms. The van der Waals surface area contributed by atoms with Crippen LogP contribution < -0.4 is 4.74 Å². The molecule has 0 radical (unpaired) electrons. The van der Waals surface area contributed by atoms with E-state index in [4.69, 9.17) is 13.9 Å². The molecule has 0 saturated heterocycles. The second-order valence-electron chi connectivity index (χ2n) is 8.32. The molecule has 5 nitrogen and oxygen atoms in total. The zero-order chi connectivity index (χ0) is 24.1. The van der Waals surface area contributed by atoms with Gasteiger partial charge in [0.05, 0.1) is 13.0 Å². The van der Waals surface area contributed by atoms with Crippen LogP contribution in [0.5, 0.6) is 5.75 Å². The summed E-state index contributed by atoms with van der Waals surface area (Å²) in [6, 6.07) is 21.9. The van der Waals surface area contributed by atoms with Crippen molar-refractivity contribution in [2.75, 3.05) is 6.61 Å². The lowest BCUT2D eigenvalue weighted by molar-refractivity contribution is -0.142. The second kappa shape index (κ2) is 10.6. The van der Waals surface area contributed by atoms with Crippen LogP contribution in [0.1, 0.15) is 49.3 Å². The van der Waals surface area contributed by atoms with E-state index in [1.165, 1.54) is 5.56 Å². The molecule has 176 valence electrons. The zero-order valence-electron chi connectivity index (χ0n) is 19.8. The first-order valence-electron chi connectivity index (χ1n) is 11.7. The van der Waals surface area contributed by atoms with Gasteiger partial charge in [-0.2, -0.15) is 0 Å². The number of para-hydroxylation sites is 1. The van der Waals surface area contributed by atoms with Crippen LogP contribution in [0.4, 0.5) is 0 Å². The summed E-state index contributed by atoms with van der Waals surface area (Å²) in [5, 5.41) is 11.0. The van der Waals surface area contributed by atoms with E-state index in [-0.39, 0.29) is 12.4 Å². The van der Waals surface area contributed by atoms with Gasteiger partial charge in [-0.1, -0.05) is 49.4 Å². The highest BCUT2D eigenvalue weighted by atomic mass is 16.5. The van der Waals surface area contributed by atoms with Crippen LogP contribution in [0.25, 0.3) is 22.1 Å². The Labute approximate surface area is 199 Å². The van der Waals surface area contributed by atoms with Gasteiger partial charge in [-0.15, -0.1) is 0 Å². The Morgan fingerprint density at radius 1 is 1.00 bits per heavy atom. The molecule has 0 amide bonds. The number of esters is 1. The highest BCUT2D eigenvalue weighted by Crippen LogP contribution is 2.35. The minimum absolute atomic E-state index is 0.164. The number of aryl methyl sites for hydroxylation is 1. The number of aliphatic hydroxyl groups is 1. The van der Waals surface area contributed by atoms with E-state index >= 15 is 0 Å². The van der Waals surface area contributed by atoms with Gasteiger partial charge < -0.3 is 19.0 Å². The lowest BCUT2D eigenvalue weighted by atomic mass is 9.98. The number of carbonyl (C=O) groups excluding carboxylic acids is 1. The molecule has 4 rings (SSSR count). The maximum atomic E-state index is 12.0. The molecule has 0 saturated carbocycles. The molecule has 1 N–H and O–H groups in total. The monoisotopic (exact) mass is 458 g/mol. The van der Waals surface area contributed by atoms with Gasteiger partial charge in [0.25, 0.3) is 0 Å². The molecule has 0 bridgehead atoms. The molecule has 0 aliphatic heterocycles. The Balaban J connectivity index is 1.68. The Morgan fingerprint density at radius 2 is 1.82 bits per heavy atom. The van der Waals surface area contributed by atoms with Gasteiger partial charge >= 0.3 is 5.97 Å². The van der Waals surface area contributed by atoms with Crippen LogP contribution in [0.2, 0.25) is 0 Å². The summed E-state index contributed by atoms with van der Waals surface area (Å²) in [5.41, 5.74) is 5.75. The summed E-state index contributed by atoms with van der Waals surface area (Å²) in [7, 11) is 0. The number of rotatable bonds is 9. The van der Waals surface area contributed by atoms with E-state index in [0.717, 1.165) is 39.6 Å². The van der Waals surface area contributed by atoms with Gasteiger partial charge in [0.15, 0.2) is 0 Å². The van der Waals surface area contributed by atoms with Crippen molar-refractivity contribution in [1.82, 2.24) is 0 Å². The van der Waals surface area contributed by atoms with E-state index in [1.807, 2.05) is 42.5 Å². The van der Waals surface area contributed by atoms with Crippen molar-refractivity contribution in [2.45, 2.75) is 46.3 Å². The normalized spacial score (nSPS) is 12.0. The summed E-state index contributed by atoms with van der Waals surface area (Å²) in [4.78, 5) is 12.0. The zero-order valence-corrected chi connectivity index (χ0v) is 19.8. The summed E-state index contributed by atoms with van der Waals surface area (Å²) in [5.74, 6) is 0.907. The number of furan rings is 1. The Hall–Kier alpha value is -3.57. The fraction of sp³-hybridized carbons (Fsp3) is 0.276. The molecule has 0 fully saturated rings. The lowest BCUT2D eigenvalue weighted by Crippen LogP contribution is -2.09. The number of hydrogen-bond donors (Lipinski definition) is 1. The topological polar surface area (TPSA) is 68.9 Å². The fourth-order valence-electron chi connectivity index (χ4n) is 4.02. The number of ether oxygens (including phenoxy) is 2. The molecule has 1 atom stereocenters. The average Bonchev–Trinajstić information content (AvgIpc) is 3.28. The van der Waals surface area contributed by atoms with Crippen molar-refractivity contribution < 1.29 is 23.8 Å². The Bertz CT molecular complexity index is 1280. The molecule has 4 aromatic rings. The molecular weight excluding hydrogens is 428 g/mol. The first-order valence-corrected chi connectivity index (χ1v) is 11.7. The van der Waals surface area contributed by atoms with E-state index in [1.54, 1.807) is 13.8 Å². The van der Waals surface area contributed by atoms with E-state index in [2.05, 4.69) is 31.2 Å². The number of aliphatic hydroxyl groups excluding tert-OH is 1. The average molecular weight is 459 g/mol. The van der Waals surface area contributed by atoms with Crippen LogP contribution in [0.15, 0.2) is 71.1 Å². The number of hydrogen-bond acceptors (Lipinski definition) is 5. The van der Waals surface area contributed by atoms with Crippen molar-refractivity contribution in [1.29, 1.82) is 0 Å². The van der Waals surface area contributed by atoms with Gasteiger partial charge in [-0.25, -0.2) is 0 Å². The third kappa shape index (κ3) is 5.32. The summed E-state index contributed by atoms with van der Waals surface area (Å²) >= 11 is 0. The van der Waals surface area contributed by atoms with Crippen molar-refractivity contribution in [3.05, 3.63) is 89.2 Å². The first kappa shape index (κ1) is 23.6. The predicted molar refractivity (Wildman–Crippen MR) is 133 cm³/mol. The lowest BCUT2D eigenvalue weighted by Gasteiger charge is -2.13. The molecule has 1 heterocycles. The van der Waals surface area contributed by atoms with Gasteiger partial charge in [-0.3, -0.25) is 4.79 Å². The number of carbonyl (C=O) groups is 1. The molecule has 1 aromatic heterocycles. The van der Waals surface area contributed by atoms with Crippen LogP contribution in [-0.2, 0) is 29.0 Å². The second-order valence-corrected chi connectivity index (χ2v) is 8.32.